The van der Waals surface area contributed by atoms with Gasteiger partial charge in [-0.05, 0) is 24.5 Å². The van der Waals surface area contributed by atoms with Gasteiger partial charge in [0.05, 0.1) is 12.5 Å². The van der Waals surface area contributed by atoms with Gasteiger partial charge < -0.3 is 10.2 Å². The van der Waals surface area contributed by atoms with Gasteiger partial charge in [0.25, 0.3) is 0 Å². The Morgan fingerprint density at radius 3 is 3.07 bits per heavy atom. The highest BCUT2D eigenvalue weighted by molar-refractivity contribution is 5.87. The van der Waals surface area contributed by atoms with Crippen molar-refractivity contribution in [2.45, 2.75) is 38.6 Å². The molecule has 2 atom stereocenters. The van der Waals surface area contributed by atoms with Crippen molar-refractivity contribution in [2.24, 2.45) is 11.1 Å². The van der Waals surface area contributed by atoms with Crippen molar-refractivity contribution in [3.63, 3.8) is 0 Å². The van der Waals surface area contributed by atoms with E-state index in [1.807, 2.05) is 13.0 Å². The number of hydrogen-bond acceptors (Lipinski definition) is 3. The molecule has 1 aliphatic rings. The molecule has 2 rings (SSSR count). The van der Waals surface area contributed by atoms with Gasteiger partial charge in [-0.3, -0.25) is 4.79 Å². The van der Waals surface area contributed by atoms with Crippen LogP contribution >= 0.6 is 0 Å². The Morgan fingerprint density at radius 2 is 2.53 bits per heavy atom. The molecule has 3 nitrogen and oxygen atoms in total. The van der Waals surface area contributed by atoms with Crippen molar-refractivity contribution in [3.8, 4) is 0 Å². The molecule has 1 aliphatic carbocycles. The van der Waals surface area contributed by atoms with Crippen LogP contribution in [0.15, 0.2) is 23.0 Å². The van der Waals surface area contributed by atoms with Gasteiger partial charge in [-0.15, -0.1) is 0 Å². The predicted molar refractivity (Wildman–Crippen MR) is 57.4 cm³/mol. The Kier molecular flexibility index (Phi) is 2.65. The Bertz CT molecular complexity index is 345. The number of furan rings is 1. The monoisotopic (exact) mass is 207 g/mol. The molecule has 1 fully saturated rings. The Hall–Kier alpha value is -1.09. The SMILES string of the molecule is CC1(C(=O)Cc2ccoc2)CCCC1N. The molecule has 15 heavy (non-hydrogen) atoms. The highest BCUT2D eigenvalue weighted by atomic mass is 16.3. The Morgan fingerprint density at radius 1 is 1.73 bits per heavy atom. The maximum atomic E-state index is 12.1. The third-order valence-corrected chi connectivity index (χ3v) is 3.61. The zero-order chi connectivity index (χ0) is 10.9. The number of rotatable bonds is 3. The smallest absolute Gasteiger partial charge is 0.144 e. The number of ketones is 1. The molecule has 1 heterocycles. The van der Waals surface area contributed by atoms with Crippen LogP contribution in [0.1, 0.15) is 31.7 Å². The minimum atomic E-state index is -0.322. The van der Waals surface area contributed by atoms with Crippen LogP contribution < -0.4 is 5.73 Å². The van der Waals surface area contributed by atoms with E-state index >= 15 is 0 Å². The molecule has 0 aliphatic heterocycles. The lowest BCUT2D eigenvalue weighted by Crippen LogP contribution is -2.41. The van der Waals surface area contributed by atoms with Crippen LogP contribution in [0, 0.1) is 5.41 Å². The first-order valence-corrected chi connectivity index (χ1v) is 5.43. The fraction of sp³-hybridized carbons (Fsp3) is 0.583. The third-order valence-electron chi connectivity index (χ3n) is 3.61. The second-order valence-corrected chi connectivity index (χ2v) is 4.65. The van der Waals surface area contributed by atoms with Crippen LogP contribution in [0.5, 0.6) is 0 Å². The summed E-state index contributed by atoms with van der Waals surface area (Å²) in [4.78, 5) is 12.1. The summed E-state index contributed by atoms with van der Waals surface area (Å²) in [5.41, 5.74) is 6.62. The Labute approximate surface area is 89.6 Å². The van der Waals surface area contributed by atoms with Gasteiger partial charge in [-0.1, -0.05) is 13.3 Å². The summed E-state index contributed by atoms with van der Waals surface area (Å²) in [6.07, 6.45) is 6.62. The van der Waals surface area contributed by atoms with E-state index < -0.39 is 0 Å². The molecule has 0 aromatic carbocycles. The molecule has 0 amide bonds. The van der Waals surface area contributed by atoms with Crippen LogP contribution in [-0.4, -0.2) is 11.8 Å². The summed E-state index contributed by atoms with van der Waals surface area (Å²) in [6, 6.07) is 1.86. The molecule has 0 spiro atoms. The first-order chi connectivity index (χ1) is 7.13. The largest absolute Gasteiger partial charge is 0.472 e. The summed E-state index contributed by atoms with van der Waals surface area (Å²) in [5.74, 6) is 0.244. The van der Waals surface area contributed by atoms with E-state index in [1.165, 1.54) is 0 Å². The average molecular weight is 207 g/mol. The molecule has 82 valence electrons. The molecule has 2 N–H and O–H groups in total. The molecule has 0 radical (unpaired) electrons. The van der Waals surface area contributed by atoms with Crippen molar-refractivity contribution in [1.82, 2.24) is 0 Å². The van der Waals surface area contributed by atoms with Gasteiger partial charge in [0.2, 0.25) is 0 Å². The summed E-state index contributed by atoms with van der Waals surface area (Å²) in [6.45, 7) is 1.99. The van der Waals surface area contributed by atoms with Gasteiger partial charge in [-0.25, -0.2) is 0 Å². The lowest BCUT2D eigenvalue weighted by atomic mass is 9.79. The normalized spacial score (nSPS) is 30.7. The van der Waals surface area contributed by atoms with Crippen LogP contribution in [0.2, 0.25) is 0 Å². The minimum absolute atomic E-state index is 0.0249. The Balaban J connectivity index is 2.07. The van der Waals surface area contributed by atoms with Crippen LogP contribution in [0.25, 0.3) is 0 Å². The molecule has 1 aromatic rings. The quantitative estimate of drug-likeness (QED) is 0.823. The van der Waals surface area contributed by atoms with Gasteiger partial charge in [-0.2, -0.15) is 0 Å². The van der Waals surface area contributed by atoms with Crippen molar-refractivity contribution >= 4 is 5.78 Å². The number of carbonyl (C=O) groups excluding carboxylic acids is 1. The van der Waals surface area contributed by atoms with Crippen LogP contribution in [0.3, 0.4) is 0 Å². The van der Waals surface area contributed by atoms with Gasteiger partial charge in [0.15, 0.2) is 0 Å². The molecular formula is C12H17NO2. The second-order valence-electron chi connectivity index (χ2n) is 4.65. The maximum Gasteiger partial charge on any atom is 0.144 e. The summed E-state index contributed by atoms with van der Waals surface area (Å²) in [5, 5.41) is 0. The van der Waals surface area contributed by atoms with E-state index in [-0.39, 0.29) is 17.2 Å². The van der Waals surface area contributed by atoms with Crippen molar-refractivity contribution in [2.75, 3.05) is 0 Å². The van der Waals surface area contributed by atoms with E-state index in [9.17, 15) is 4.79 Å². The van der Waals surface area contributed by atoms with E-state index in [0.29, 0.717) is 6.42 Å². The van der Waals surface area contributed by atoms with Crippen LogP contribution in [0.4, 0.5) is 0 Å². The summed E-state index contributed by atoms with van der Waals surface area (Å²) < 4.78 is 4.95. The summed E-state index contributed by atoms with van der Waals surface area (Å²) >= 11 is 0. The number of Topliss-reactive ketones (excluding diaryl/α,β-unsaturated/α-hetero) is 1. The number of carbonyl (C=O) groups is 1. The molecule has 2 unspecified atom stereocenters. The lowest BCUT2D eigenvalue weighted by Gasteiger charge is -2.27. The molecule has 0 saturated heterocycles. The minimum Gasteiger partial charge on any atom is -0.472 e. The van der Waals surface area contributed by atoms with Crippen molar-refractivity contribution in [3.05, 3.63) is 24.2 Å². The standard InChI is InChI=1S/C12H17NO2/c1-12(5-2-3-10(12)13)11(14)7-9-4-6-15-8-9/h4,6,8,10H,2-3,5,7,13H2,1H3. The van der Waals surface area contributed by atoms with Gasteiger partial charge in [0.1, 0.15) is 5.78 Å². The van der Waals surface area contributed by atoms with Crippen molar-refractivity contribution in [1.29, 1.82) is 0 Å². The van der Waals surface area contributed by atoms with Crippen molar-refractivity contribution < 1.29 is 9.21 Å². The molecule has 0 bridgehead atoms. The fourth-order valence-corrected chi connectivity index (χ4v) is 2.32. The zero-order valence-corrected chi connectivity index (χ0v) is 9.03. The molecular weight excluding hydrogens is 190 g/mol. The predicted octanol–water partition coefficient (Wildman–Crippen LogP) is 1.91. The maximum absolute atomic E-state index is 12.1. The highest BCUT2D eigenvalue weighted by Gasteiger charge is 2.42. The molecule has 3 heteroatoms. The average Bonchev–Trinajstić information content (AvgIpc) is 2.79. The lowest BCUT2D eigenvalue weighted by molar-refractivity contribution is -0.127. The van der Waals surface area contributed by atoms with E-state index in [0.717, 1.165) is 24.8 Å². The zero-order valence-electron chi connectivity index (χ0n) is 9.03. The van der Waals surface area contributed by atoms with Gasteiger partial charge in [0, 0.05) is 17.9 Å². The highest BCUT2D eigenvalue weighted by Crippen LogP contribution is 2.38. The number of hydrogen-bond donors (Lipinski definition) is 1. The van der Waals surface area contributed by atoms with E-state index in [1.54, 1.807) is 12.5 Å². The first-order valence-electron chi connectivity index (χ1n) is 5.43. The summed E-state index contributed by atoms with van der Waals surface area (Å²) in [7, 11) is 0. The first kappa shape index (κ1) is 10.4. The number of nitrogens with two attached hydrogens (primary N) is 1. The topological polar surface area (TPSA) is 56.2 Å². The second kappa shape index (κ2) is 3.81. The fourth-order valence-electron chi connectivity index (χ4n) is 2.32. The molecule has 1 aromatic heterocycles. The van der Waals surface area contributed by atoms with Crippen LogP contribution in [-0.2, 0) is 11.2 Å². The molecule has 1 saturated carbocycles. The third kappa shape index (κ3) is 1.84. The van der Waals surface area contributed by atoms with E-state index in [2.05, 4.69) is 0 Å². The van der Waals surface area contributed by atoms with E-state index in [4.69, 9.17) is 10.2 Å². The van der Waals surface area contributed by atoms with Gasteiger partial charge >= 0.3 is 0 Å².